The van der Waals surface area contributed by atoms with Crippen molar-refractivity contribution in [3.8, 4) is 16.9 Å². The van der Waals surface area contributed by atoms with Crippen molar-refractivity contribution in [1.29, 1.82) is 0 Å². The van der Waals surface area contributed by atoms with Gasteiger partial charge in [0.2, 0.25) is 0 Å². The Labute approximate surface area is 171 Å². The highest BCUT2D eigenvalue weighted by molar-refractivity contribution is 5.98. The molecule has 3 aromatic carbocycles. The molecule has 4 rings (SSSR count). The van der Waals surface area contributed by atoms with Gasteiger partial charge in [-0.1, -0.05) is 42.5 Å². The summed E-state index contributed by atoms with van der Waals surface area (Å²) in [6.45, 7) is 1.47. The number of ether oxygens (including phenoxy) is 1. The molecule has 1 aromatic heterocycles. The summed E-state index contributed by atoms with van der Waals surface area (Å²) in [5.41, 5.74) is 1.66. The molecular weight excluding hydrogens is 391 g/mol. The van der Waals surface area contributed by atoms with Gasteiger partial charge in [-0.3, -0.25) is 4.79 Å². The fourth-order valence-electron chi connectivity index (χ4n) is 3.34. The average molecular weight is 409 g/mol. The summed E-state index contributed by atoms with van der Waals surface area (Å²) in [5, 5.41) is 0.799. The maximum Gasteiger partial charge on any atom is 0.417 e. The average Bonchev–Trinajstić information content (AvgIpc) is 3.16. The molecule has 1 N–H and O–H groups in total. The topological polar surface area (TPSA) is 42.1 Å². The third-order valence-electron chi connectivity index (χ3n) is 4.85. The number of aromatic amines is 1. The van der Waals surface area contributed by atoms with Crippen LogP contribution >= 0.6 is 0 Å². The predicted octanol–water partition coefficient (Wildman–Crippen LogP) is 6.64. The summed E-state index contributed by atoms with van der Waals surface area (Å²) in [4.78, 5) is 14.5. The van der Waals surface area contributed by atoms with E-state index >= 15 is 0 Å². The highest BCUT2D eigenvalue weighted by Gasteiger charge is 2.34. The molecule has 0 amide bonds. The first kappa shape index (κ1) is 19.8. The Kier molecular flexibility index (Phi) is 5.08. The lowest BCUT2D eigenvalue weighted by Crippen LogP contribution is -2.09. The first-order valence-electron chi connectivity index (χ1n) is 9.33. The van der Waals surface area contributed by atoms with Gasteiger partial charge in [-0.2, -0.15) is 13.2 Å². The van der Waals surface area contributed by atoms with Crippen LogP contribution in [0.15, 0.2) is 72.8 Å². The van der Waals surface area contributed by atoms with Crippen LogP contribution in [0, 0.1) is 0 Å². The summed E-state index contributed by atoms with van der Waals surface area (Å²) in [5.74, 6) is 0.434. The number of ketones is 1. The first-order valence-corrected chi connectivity index (χ1v) is 9.33. The Bertz CT molecular complexity index is 1210. The number of nitrogens with one attached hydrogen (secondary N) is 1. The van der Waals surface area contributed by atoms with Crippen LogP contribution in [-0.2, 0) is 12.8 Å². The molecule has 0 aliphatic rings. The van der Waals surface area contributed by atoms with Crippen LogP contribution in [0.2, 0.25) is 0 Å². The monoisotopic (exact) mass is 409 g/mol. The maximum atomic E-state index is 13.6. The van der Waals surface area contributed by atoms with E-state index in [0.29, 0.717) is 22.6 Å². The van der Waals surface area contributed by atoms with Crippen molar-refractivity contribution in [3.05, 3.63) is 89.6 Å². The number of H-pyrrole nitrogens is 1. The van der Waals surface area contributed by atoms with Crippen molar-refractivity contribution in [2.24, 2.45) is 0 Å². The molecule has 0 aliphatic heterocycles. The molecule has 0 saturated heterocycles. The van der Waals surface area contributed by atoms with Crippen LogP contribution in [-0.4, -0.2) is 10.8 Å². The molecule has 0 saturated carbocycles. The second kappa shape index (κ2) is 7.71. The van der Waals surface area contributed by atoms with E-state index in [2.05, 4.69) is 4.98 Å². The van der Waals surface area contributed by atoms with E-state index in [-0.39, 0.29) is 18.0 Å². The van der Waals surface area contributed by atoms with Crippen LogP contribution in [0.5, 0.6) is 5.75 Å². The molecular formula is C24H18F3NO2. The van der Waals surface area contributed by atoms with Crippen molar-refractivity contribution < 1.29 is 22.7 Å². The van der Waals surface area contributed by atoms with Crippen molar-refractivity contribution in [2.45, 2.75) is 19.7 Å². The van der Waals surface area contributed by atoms with Crippen LogP contribution in [0.1, 0.15) is 28.5 Å². The molecule has 4 aromatic rings. The van der Waals surface area contributed by atoms with Gasteiger partial charge in [0.15, 0.2) is 5.78 Å². The zero-order chi connectivity index (χ0) is 21.3. The van der Waals surface area contributed by atoms with Crippen LogP contribution < -0.4 is 4.74 Å². The fraction of sp³-hybridized carbons (Fsp3) is 0.125. The fourth-order valence-corrected chi connectivity index (χ4v) is 3.34. The Morgan fingerprint density at radius 3 is 2.43 bits per heavy atom. The number of hydrogen-bond acceptors (Lipinski definition) is 2. The largest absolute Gasteiger partial charge is 0.489 e. The number of fused-ring (bicyclic) bond motifs is 1. The van der Waals surface area contributed by atoms with E-state index in [1.807, 2.05) is 0 Å². The molecule has 30 heavy (non-hydrogen) atoms. The van der Waals surface area contributed by atoms with Crippen molar-refractivity contribution in [1.82, 2.24) is 4.98 Å². The lowest BCUT2D eigenvalue weighted by Gasteiger charge is -2.15. The number of hydrogen-bond donors (Lipinski definition) is 1. The third-order valence-corrected chi connectivity index (χ3v) is 4.85. The van der Waals surface area contributed by atoms with Gasteiger partial charge in [0.1, 0.15) is 12.4 Å². The van der Waals surface area contributed by atoms with Gasteiger partial charge in [-0.25, -0.2) is 0 Å². The van der Waals surface area contributed by atoms with E-state index in [1.165, 1.54) is 13.0 Å². The lowest BCUT2D eigenvalue weighted by molar-refractivity contribution is -0.137. The molecule has 152 valence electrons. The number of Topliss-reactive ketones (excluding diaryl/α,β-unsaturated/α-hetero) is 1. The first-order chi connectivity index (χ1) is 14.3. The molecule has 3 nitrogen and oxygen atoms in total. The third kappa shape index (κ3) is 4.08. The SMILES string of the molecule is CC(=O)c1cc2cc(OCc3ccc(-c4ccccc4)c(C(F)(F)F)c3)ccc2[nH]1. The number of alkyl halides is 3. The van der Waals surface area contributed by atoms with Gasteiger partial charge in [0.05, 0.1) is 11.3 Å². The Hall–Kier alpha value is -3.54. The van der Waals surface area contributed by atoms with Crippen LogP contribution in [0.4, 0.5) is 13.2 Å². The Morgan fingerprint density at radius 1 is 0.967 bits per heavy atom. The van der Waals surface area contributed by atoms with E-state index in [0.717, 1.165) is 17.0 Å². The van der Waals surface area contributed by atoms with E-state index < -0.39 is 11.7 Å². The van der Waals surface area contributed by atoms with Gasteiger partial charge in [0.25, 0.3) is 0 Å². The number of rotatable bonds is 5. The number of benzene rings is 3. The summed E-state index contributed by atoms with van der Waals surface area (Å²) in [6, 6.07) is 19.7. The minimum absolute atomic E-state index is 0.00630. The number of aromatic nitrogens is 1. The molecule has 0 spiro atoms. The molecule has 6 heteroatoms. The minimum atomic E-state index is -4.48. The van der Waals surface area contributed by atoms with E-state index in [1.54, 1.807) is 60.7 Å². The van der Waals surface area contributed by atoms with Crippen LogP contribution in [0.3, 0.4) is 0 Å². The van der Waals surface area contributed by atoms with Gasteiger partial charge < -0.3 is 9.72 Å². The van der Waals surface area contributed by atoms with Crippen molar-refractivity contribution in [2.75, 3.05) is 0 Å². The highest BCUT2D eigenvalue weighted by atomic mass is 19.4. The van der Waals surface area contributed by atoms with Gasteiger partial charge in [-0.15, -0.1) is 0 Å². The molecule has 1 heterocycles. The Morgan fingerprint density at radius 2 is 1.73 bits per heavy atom. The number of carbonyl (C=O) groups excluding carboxylic acids is 1. The van der Waals surface area contributed by atoms with Gasteiger partial charge in [-0.05, 0) is 47.0 Å². The molecule has 0 aliphatic carbocycles. The summed E-state index contributed by atoms with van der Waals surface area (Å²) < 4.78 is 46.7. The molecule has 0 bridgehead atoms. The summed E-state index contributed by atoms with van der Waals surface area (Å²) in [6.07, 6.45) is -4.48. The standard InChI is InChI=1S/C24H18F3NO2/c1-15(29)23-13-18-12-19(8-10-22(18)28-23)30-14-16-7-9-20(17-5-3-2-4-6-17)21(11-16)24(25,26)27/h2-13,28H,14H2,1H3. The minimum Gasteiger partial charge on any atom is -0.489 e. The van der Waals surface area contributed by atoms with E-state index in [9.17, 15) is 18.0 Å². The van der Waals surface area contributed by atoms with Crippen molar-refractivity contribution in [3.63, 3.8) is 0 Å². The molecule has 0 fully saturated rings. The lowest BCUT2D eigenvalue weighted by atomic mass is 9.97. The Balaban J connectivity index is 1.59. The molecule has 0 atom stereocenters. The smallest absolute Gasteiger partial charge is 0.417 e. The van der Waals surface area contributed by atoms with Gasteiger partial charge in [0, 0.05) is 17.8 Å². The van der Waals surface area contributed by atoms with Crippen molar-refractivity contribution >= 4 is 16.7 Å². The second-order valence-electron chi connectivity index (χ2n) is 7.02. The maximum absolute atomic E-state index is 13.6. The quantitative estimate of drug-likeness (QED) is 0.376. The normalized spacial score (nSPS) is 11.6. The second-order valence-corrected chi connectivity index (χ2v) is 7.02. The zero-order valence-electron chi connectivity index (χ0n) is 16.1. The zero-order valence-corrected chi connectivity index (χ0v) is 16.1. The number of halogens is 3. The highest BCUT2D eigenvalue weighted by Crippen LogP contribution is 2.37. The molecule has 0 radical (unpaired) electrons. The molecule has 0 unspecified atom stereocenters. The number of carbonyl (C=O) groups is 1. The predicted molar refractivity (Wildman–Crippen MR) is 110 cm³/mol. The van der Waals surface area contributed by atoms with Crippen LogP contribution in [0.25, 0.3) is 22.0 Å². The van der Waals surface area contributed by atoms with E-state index in [4.69, 9.17) is 4.74 Å². The summed E-state index contributed by atoms with van der Waals surface area (Å²) >= 11 is 0. The van der Waals surface area contributed by atoms with Gasteiger partial charge >= 0.3 is 6.18 Å². The summed E-state index contributed by atoms with van der Waals surface area (Å²) in [7, 11) is 0.